The van der Waals surface area contributed by atoms with Crippen LogP contribution in [0.3, 0.4) is 0 Å². The lowest BCUT2D eigenvalue weighted by atomic mass is 10.0. The second kappa shape index (κ2) is 5.07. The van der Waals surface area contributed by atoms with E-state index in [9.17, 15) is 5.11 Å². The molecule has 3 heteroatoms. The third-order valence-corrected chi connectivity index (χ3v) is 3.74. The highest BCUT2D eigenvalue weighted by Gasteiger charge is 2.41. The van der Waals surface area contributed by atoms with Gasteiger partial charge >= 0.3 is 0 Å². The minimum atomic E-state index is 0.275. The van der Waals surface area contributed by atoms with E-state index in [0.29, 0.717) is 17.7 Å². The average molecular weight is 235 g/mol. The van der Waals surface area contributed by atoms with Gasteiger partial charge < -0.3 is 15.5 Å². The Kier molecular flexibility index (Phi) is 3.69. The van der Waals surface area contributed by atoms with Crippen LogP contribution in [-0.2, 0) is 6.54 Å². The van der Waals surface area contributed by atoms with E-state index < -0.39 is 0 Å². The van der Waals surface area contributed by atoms with Crippen LogP contribution in [0, 0.1) is 12.3 Å². The van der Waals surface area contributed by atoms with E-state index in [1.807, 2.05) is 25.1 Å². The number of aryl methyl sites for hydroxylation is 1. The third-order valence-electron chi connectivity index (χ3n) is 3.74. The summed E-state index contributed by atoms with van der Waals surface area (Å²) in [6.45, 7) is 3.81. The van der Waals surface area contributed by atoms with Crippen molar-refractivity contribution >= 4 is 0 Å². The predicted molar refractivity (Wildman–Crippen MR) is 67.9 cm³/mol. The number of aliphatic hydroxyl groups excluding tert-OH is 1. The van der Waals surface area contributed by atoms with Crippen LogP contribution < -0.4 is 5.32 Å². The summed E-state index contributed by atoms with van der Waals surface area (Å²) in [7, 11) is 0. The zero-order valence-corrected chi connectivity index (χ0v) is 10.4. The van der Waals surface area contributed by atoms with Gasteiger partial charge in [-0.3, -0.25) is 0 Å². The molecule has 1 aliphatic carbocycles. The molecule has 1 saturated carbocycles. The molecule has 0 atom stereocenters. The van der Waals surface area contributed by atoms with Crippen LogP contribution in [0.4, 0.5) is 0 Å². The highest BCUT2D eigenvalue weighted by molar-refractivity contribution is 5.39. The maximum Gasteiger partial charge on any atom is 0.122 e. The van der Waals surface area contributed by atoms with Gasteiger partial charge in [-0.2, -0.15) is 0 Å². The Hall–Kier alpha value is -1.06. The second-order valence-electron chi connectivity index (χ2n) is 5.16. The Balaban J connectivity index is 1.84. The molecule has 0 bridgehead atoms. The van der Waals surface area contributed by atoms with Gasteiger partial charge in [0.1, 0.15) is 5.75 Å². The van der Waals surface area contributed by atoms with Crippen molar-refractivity contribution in [3.8, 4) is 5.75 Å². The lowest BCUT2D eigenvalue weighted by Crippen LogP contribution is -2.24. The van der Waals surface area contributed by atoms with Crippen LogP contribution in [0.1, 0.15) is 30.4 Å². The fourth-order valence-corrected chi connectivity index (χ4v) is 2.25. The minimum Gasteiger partial charge on any atom is -0.507 e. The molecule has 0 heterocycles. The number of benzene rings is 1. The molecule has 1 aliphatic rings. The molecule has 3 nitrogen and oxygen atoms in total. The first-order chi connectivity index (χ1) is 8.17. The number of hydrogen-bond acceptors (Lipinski definition) is 3. The van der Waals surface area contributed by atoms with Crippen molar-refractivity contribution in [2.45, 2.75) is 32.7 Å². The maximum atomic E-state index is 9.87. The molecule has 94 valence electrons. The summed E-state index contributed by atoms with van der Waals surface area (Å²) in [4.78, 5) is 0. The number of aromatic hydroxyl groups is 1. The Bertz CT molecular complexity index is 386. The van der Waals surface area contributed by atoms with Gasteiger partial charge in [0, 0.05) is 25.3 Å². The van der Waals surface area contributed by atoms with Crippen molar-refractivity contribution in [1.82, 2.24) is 5.32 Å². The molecule has 0 aromatic heterocycles. The number of hydrogen-bond donors (Lipinski definition) is 3. The van der Waals surface area contributed by atoms with Crippen molar-refractivity contribution < 1.29 is 10.2 Å². The van der Waals surface area contributed by atoms with Gasteiger partial charge in [-0.1, -0.05) is 18.2 Å². The molecule has 0 aliphatic heterocycles. The first kappa shape index (κ1) is 12.4. The first-order valence-corrected chi connectivity index (χ1v) is 6.26. The van der Waals surface area contributed by atoms with Crippen molar-refractivity contribution in [1.29, 1.82) is 0 Å². The van der Waals surface area contributed by atoms with E-state index in [1.165, 1.54) is 12.8 Å². The Morgan fingerprint density at radius 3 is 2.76 bits per heavy atom. The van der Waals surface area contributed by atoms with E-state index in [-0.39, 0.29) is 6.61 Å². The molecule has 2 rings (SSSR count). The fraction of sp³-hybridized carbons (Fsp3) is 0.571. The predicted octanol–water partition coefficient (Wildman–Crippen LogP) is 1.95. The Morgan fingerprint density at radius 2 is 2.12 bits per heavy atom. The van der Waals surface area contributed by atoms with Crippen molar-refractivity contribution in [2.75, 3.05) is 13.2 Å². The summed E-state index contributed by atoms with van der Waals surface area (Å²) < 4.78 is 0. The smallest absolute Gasteiger partial charge is 0.122 e. The van der Waals surface area contributed by atoms with Crippen LogP contribution in [-0.4, -0.2) is 23.4 Å². The quantitative estimate of drug-likeness (QED) is 0.706. The third kappa shape index (κ3) is 2.99. The van der Waals surface area contributed by atoms with Crippen LogP contribution in [0.25, 0.3) is 0 Å². The first-order valence-electron chi connectivity index (χ1n) is 6.26. The molecule has 0 saturated heterocycles. The van der Waals surface area contributed by atoms with E-state index in [4.69, 9.17) is 5.11 Å². The number of phenolic OH excluding ortho intramolecular Hbond substituents is 1. The molecular weight excluding hydrogens is 214 g/mol. The molecule has 0 radical (unpaired) electrons. The fourth-order valence-electron chi connectivity index (χ4n) is 2.25. The van der Waals surface area contributed by atoms with Crippen molar-refractivity contribution in [2.24, 2.45) is 5.41 Å². The summed E-state index contributed by atoms with van der Waals surface area (Å²) in [5, 5.41) is 22.2. The number of aliphatic hydroxyl groups is 1. The lowest BCUT2D eigenvalue weighted by Gasteiger charge is -2.15. The van der Waals surface area contributed by atoms with E-state index in [1.54, 1.807) is 0 Å². The molecule has 1 fully saturated rings. The zero-order valence-electron chi connectivity index (χ0n) is 10.4. The standard InChI is InChI=1S/C14H21NO2/c1-11-3-2-4-12(13(11)17)9-15-10-14(5-6-14)7-8-16/h2-4,15-17H,5-10H2,1H3. The molecule has 3 N–H and O–H groups in total. The zero-order chi connectivity index (χ0) is 12.3. The number of phenols is 1. The summed E-state index contributed by atoms with van der Waals surface area (Å²) in [5.41, 5.74) is 2.19. The van der Waals surface area contributed by atoms with Gasteiger partial charge in [0.15, 0.2) is 0 Å². The summed E-state index contributed by atoms with van der Waals surface area (Å²) in [6.07, 6.45) is 3.31. The summed E-state index contributed by atoms with van der Waals surface area (Å²) >= 11 is 0. The topological polar surface area (TPSA) is 52.5 Å². The molecular formula is C14H21NO2. The molecule has 0 unspecified atom stereocenters. The SMILES string of the molecule is Cc1cccc(CNCC2(CCO)CC2)c1O. The van der Waals surface area contributed by atoms with E-state index in [0.717, 1.165) is 24.1 Å². The van der Waals surface area contributed by atoms with Crippen molar-refractivity contribution in [3.63, 3.8) is 0 Å². The maximum absolute atomic E-state index is 9.87. The number of nitrogens with one attached hydrogen (secondary N) is 1. The van der Waals surface area contributed by atoms with Crippen LogP contribution in [0.15, 0.2) is 18.2 Å². The lowest BCUT2D eigenvalue weighted by molar-refractivity contribution is 0.245. The highest BCUT2D eigenvalue weighted by atomic mass is 16.3. The van der Waals surface area contributed by atoms with Gasteiger partial charge in [0.25, 0.3) is 0 Å². The second-order valence-corrected chi connectivity index (χ2v) is 5.16. The molecule has 1 aromatic carbocycles. The van der Waals surface area contributed by atoms with Gasteiger partial charge in [-0.25, -0.2) is 0 Å². The summed E-state index contributed by atoms with van der Waals surface area (Å²) in [5.74, 6) is 0.395. The normalized spacial score (nSPS) is 17.1. The van der Waals surface area contributed by atoms with Gasteiger partial charge in [-0.05, 0) is 37.2 Å². The van der Waals surface area contributed by atoms with E-state index >= 15 is 0 Å². The monoisotopic (exact) mass is 235 g/mol. The molecule has 1 aromatic rings. The van der Waals surface area contributed by atoms with Gasteiger partial charge in [-0.15, -0.1) is 0 Å². The van der Waals surface area contributed by atoms with Crippen LogP contribution in [0.2, 0.25) is 0 Å². The molecule has 0 spiro atoms. The van der Waals surface area contributed by atoms with Crippen LogP contribution >= 0.6 is 0 Å². The van der Waals surface area contributed by atoms with Gasteiger partial charge in [0.2, 0.25) is 0 Å². The highest BCUT2D eigenvalue weighted by Crippen LogP contribution is 2.47. The number of rotatable bonds is 6. The van der Waals surface area contributed by atoms with Gasteiger partial charge in [0.05, 0.1) is 0 Å². The summed E-state index contributed by atoms with van der Waals surface area (Å²) in [6, 6.07) is 5.82. The Labute approximate surface area is 102 Å². The largest absolute Gasteiger partial charge is 0.507 e. The van der Waals surface area contributed by atoms with Crippen LogP contribution in [0.5, 0.6) is 5.75 Å². The van der Waals surface area contributed by atoms with Crippen molar-refractivity contribution in [3.05, 3.63) is 29.3 Å². The number of para-hydroxylation sites is 1. The molecule has 17 heavy (non-hydrogen) atoms. The van der Waals surface area contributed by atoms with E-state index in [2.05, 4.69) is 5.32 Å². The Morgan fingerprint density at radius 1 is 1.35 bits per heavy atom. The molecule has 0 amide bonds. The average Bonchev–Trinajstić information content (AvgIpc) is 3.05. The minimum absolute atomic E-state index is 0.275.